The Morgan fingerprint density at radius 1 is 1.18 bits per heavy atom. The van der Waals surface area contributed by atoms with Gasteiger partial charge >= 0.3 is 0 Å². The average Bonchev–Trinajstić information content (AvgIpc) is 2.69. The molecule has 1 aliphatic rings. The molecule has 0 radical (unpaired) electrons. The molecule has 0 saturated heterocycles. The summed E-state index contributed by atoms with van der Waals surface area (Å²) in [6.07, 6.45) is 2.66. The number of benzene rings is 1. The first-order valence-electron chi connectivity index (χ1n) is 5.42. The maximum Gasteiger partial charge on any atom is 0.201 e. The first-order chi connectivity index (χ1) is 8.06. The van der Waals surface area contributed by atoms with Crippen LogP contribution >= 0.6 is 23.2 Å². The molecule has 1 aromatic rings. The average molecular weight is 294 g/mol. The topological polar surface area (TPSA) is 46.2 Å². The molecule has 94 valence electrons. The van der Waals surface area contributed by atoms with Crippen LogP contribution < -0.4 is 4.72 Å². The highest BCUT2D eigenvalue weighted by Gasteiger charge is 2.26. The van der Waals surface area contributed by atoms with Crippen LogP contribution in [0.5, 0.6) is 0 Å². The zero-order chi connectivity index (χ0) is 12.4. The van der Waals surface area contributed by atoms with Crippen molar-refractivity contribution in [1.82, 2.24) is 4.72 Å². The van der Waals surface area contributed by atoms with Crippen molar-refractivity contribution in [3.05, 3.63) is 33.8 Å². The Balaban J connectivity index is 2.07. The first kappa shape index (κ1) is 13.1. The van der Waals surface area contributed by atoms with Crippen LogP contribution in [0, 0.1) is 0 Å². The van der Waals surface area contributed by atoms with Crippen molar-refractivity contribution in [2.75, 3.05) is 0 Å². The van der Waals surface area contributed by atoms with Gasteiger partial charge in [-0.05, 0) is 42.9 Å². The van der Waals surface area contributed by atoms with E-state index in [0.717, 1.165) is 24.8 Å². The molecule has 0 heterocycles. The summed E-state index contributed by atoms with van der Waals surface area (Å²) >= 11 is 11.8. The molecule has 0 amide bonds. The Morgan fingerprint density at radius 2 is 1.94 bits per heavy atom. The Morgan fingerprint density at radius 3 is 2.59 bits per heavy atom. The van der Waals surface area contributed by atoms with Gasteiger partial charge < -0.3 is 0 Å². The van der Waals surface area contributed by atoms with Crippen LogP contribution in [0.25, 0.3) is 0 Å². The van der Waals surface area contributed by atoms with Gasteiger partial charge in [-0.15, -0.1) is 0 Å². The zero-order valence-electron chi connectivity index (χ0n) is 9.03. The fourth-order valence-corrected chi connectivity index (χ4v) is 3.16. The van der Waals surface area contributed by atoms with Gasteiger partial charge in [-0.1, -0.05) is 29.3 Å². The van der Waals surface area contributed by atoms with Crippen LogP contribution in [0.2, 0.25) is 10.0 Å². The fourth-order valence-electron chi connectivity index (χ4n) is 2.32. The summed E-state index contributed by atoms with van der Waals surface area (Å²) in [6.45, 7) is 0. The van der Waals surface area contributed by atoms with E-state index in [-0.39, 0.29) is 6.04 Å². The third-order valence-corrected chi connectivity index (χ3v) is 4.45. The second-order valence-electron chi connectivity index (χ2n) is 4.27. The van der Waals surface area contributed by atoms with Gasteiger partial charge in [0, 0.05) is 6.04 Å². The minimum absolute atomic E-state index is 0.0514. The predicted molar refractivity (Wildman–Crippen MR) is 70.3 cm³/mol. The van der Waals surface area contributed by atoms with Gasteiger partial charge in [0.15, 0.2) is 0 Å². The summed E-state index contributed by atoms with van der Waals surface area (Å²) in [5, 5.41) is 1.10. The largest absolute Gasteiger partial charge is 0.216 e. The standard InChI is InChI=1S/C11H13Cl2NO2S/c12-10-4-2-8(6-11(10)13)7-1-3-9(5-7)14-17(15)16/h2,4,6-7,9,17H,1,3,5H2,(H,14,15,16)/t7-,9-/m0/s1. The van der Waals surface area contributed by atoms with Gasteiger partial charge in [-0.2, -0.15) is 0 Å². The van der Waals surface area contributed by atoms with Crippen molar-refractivity contribution >= 4 is 34.1 Å². The molecule has 0 aliphatic heterocycles. The van der Waals surface area contributed by atoms with E-state index in [4.69, 9.17) is 23.2 Å². The molecule has 1 aliphatic carbocycles. The minimum Gasteiger partial charge on any atom is -0.216 e. The number of nitrogens with one attached hydrogen (secondary N) is 1. The highest BCUT2D eigenvalue weighted by Crippen LogP contribution is 2.36. The molecule has 1 fully saturated rings. The minimum atomic E-state index is -2.51. The van der Waals surface area contributed by atoms with Gasteiger partial charge in [-0.3, -0.25) is 0 Å². The van der Waals surface area contributed by atoms with Gasteiger partial charge in [-0.25, -0.2) is 13.1 Å². The monoisotopic (exact) mass is 293 g/mol. The molecule has 0 bridgehead atoms. The molecule has 0 aromatic heterocycles. The maximum absolute atomic E-state index is 10.6. The quantitative estimate of drug-likeness (QED) is 0.842. The normalized spacial score (nSPS) is 24.4. The zero-order valence-corrected chi connectivity index (χ0v) is 11.4. The van der Waals surface area contributed by atoms with E-state index in [1.165, 1.54) is 0 Å². The SMILES string of the molecule is O=[SH](=O)N[C@H]1CC[C@H](c2ccc(Cl)c(Cl)c2)C1. The smallest absolute Gasteiger partial charge is 0.201 e. The van der Waals surface area contributed by atoms with Crippen LogP contribution in [-0.4, -0.2) is 14.5 Å². The van der Waals surface area contributed by atoms with Crippen LogP contribution in [0.3, 0.4) is 0 Å². The second kappa shape index (κ2) is 5.57. The number of thiol groups is 1. The summed E-state index contributed by atoms with van der Waals surface area (Å²) in [6, 6.07) is 5.66. The number of rotatable bonds is 3. The lowest BCUT2D eigenvalue weighted by atomic mass is 9.98. The third kappa shape index (κ3) is 3.35. The molecule has 1 saturated carbocycles. The van der Waals surface area contributed by atoms with Gasteiger partial charge in [0.1, 0.15) is 0 Å². The molecule has 0 spiro atoms. The summed E-state index contributed by atoms with van der Waals surface area (Å²) in [5.74, 6) is 0.359. The molecule has 2 rings (SSSR count). The third-order valence-electron chi connectivity index (χ3n) is 3.14. The van der Waals surface area contributed by atoms with Crippen molar-refractivity contribution in [2.24, 2.45) is 0 Å². The van der Waals surface area contributed by atoms with Gasteiger partial charge in [0.05, 0.1) is 10.0 Å². The first-order valence-corrected chi connectivity index (χ1v) is 7.35. The molecular weight excluding hydrogens is 281 g/mol. The molecule has 1 N–H and O–H groups in total. The number of halogens is 2. The fraction of sp³-hybridized carbons (Fsp3) is 0.455. The molecular formula is C11H13Cl2NO2S. The van der Waals surface area contributed by atoms with E-state index in [1.807, 2.05) is 12.1 Å². The second-order valence-corrected chi connectivity index (χ2v) is 5.85. The van der Waals surface area contributed by atoms with E-state index in [9.17, 15) is 8.42 Å². The number of hydrogen-bond donors (Lipinski definition) is 2. The van der Waals surface area contributed by atoms with Gasteiger partial charge in [0.2, 0.25) is 10.9 Å². The lowest BCUT2D eigenvalue weighted by molar-refractivity contribution is 0.567. The van der Waals surface area contributed by atoms with E-state index in [1.54, 1.807) is 6.07 Å². The molecule has 2 atom stereocenters. The maximum atomic E-state index is 10.6. The summed E-state index contributed by atoms with van der Waals surface area (Å²) in [7, 11) is -2.51. The van der Waals surface area contributed by atoms with E-state index in [0.29, 0.717) is 16.0 Å². The molecule has 1 aromatic carbocycles. The van der Waals surface area contributed by atoms with E-state index >= 15 is 0 Å². The predicted octanol–water partition coefficient (Wildman–Crippen LogP) is 2.75. The summed E-state index contributed by atoms with van der Waals surface area (Å²) < 4.78 is 23.7. The van der Waals surface area contributed by atoms with Crippen molar-refractivity contribution < 1.29 is 8.42 Å². The van der Waals surface area contributed by atoms with Crippen LogP contribution in [0.4, 0.5) is 0 Å². The Bertz CT molecular complexity index is 482. The summed E-state index contributed by atoms with van der Waals surface area (Å²) in [4.78, 5) is 0. The molecule has 17 heavy (non-hydrogen) atoms. The lowest BCUT2D eigenvalue weighted by Gasteiger charge is -2.11. The van der Waals surface area contributed by atoms with Crippen LogP contribution in [0.15, 0.2) is 18.2 Å². The number of hydrogen-bond acceptors (Lipinski definition) is 2. The van der Waals surface area contributed by atoms with Crippen LogP contribution in [-0.2, 0) is 10.9 Å². The van der Waals surface area contributed by atoms with Crippen molar-refractivity contribution in [3.8, 4) is 0 Å². The highest BCUT2D eigenvalue weighted by atomic mass is 35.5. The molecule has 3 nitrogen and oxygen atoms in total. The summed E-state index contributed by atoms with van der Waals surface area (Å²) in [5.41, 5.74) is 1.13. The Kier molecular flexibility index (Phi) is 4.31. The van der Waals surface area contributed by atoms with E-state index in [2.05, 4.69) is 4.72 Å². The Hall–Kier alpha value is -0.290. The van der Waals surface area contributed by atoms with Crippen molar-refractivity contribution in [1.29, 1.82) is 0 Å². The lowest BCUT2D eigenvalue weighted by Crippen LogP contribution is -2.24. The van der Waals surface area contributed by atoms with E-state index < -0.39 is 10.9 Å². The van der Waals surface area contributed by atoms with Crippen LogP contribution in [0.1, 0.15) is 30.7 Å². The molecule has 6 heteroatoms. The van der Waals surface area contributed by atoms with Crippen molar-refractivity contribution in [2.45, 2.75) is 31.2 Å². The van der Waals surface area contributed by atoms with Gasteiger partial charge in [0.25, 0.3) is 0 Å². The van der Waals surface area contributed by atoms with Crippen molar-refractivity contribution in [3.63, 3.8) is 0 Å². The Labute approximate surface area is 112 Å². The molecule has 0 unspecified atom stereocenters. The highest BCUT2D eigenvalue weighted by molar-refractivity contribution is 7.70.